The summed E-state index contributed by atoms with van der Waals surface area (Å²) in [6.07, 6.45) is 3.11. The van der Waals surface area contributed by atoms with E-state index in [1.54, 1.807) is 6.08 Å². The number of nitrogens with zero attached hydrogens (tertiary/aromatic N) is 1. The Balaban J connectivity index is 2.06. The molecule has 0 bridgehead atoms. The molecule has 2 rings (SSSR count). The second kappa shape index (κ2) is 6.25. The highest BCUT2D eigenvalue weighted by molar-refractivity contribution is 9.10. The number of amides is 1. The summed E-state index contributed by atoms with van der Waals surface area (Å²) in [5.41, 5.74) is 0.890. The first-order valence-electron chi connectivity index (χ1n) is 5.63. The Morgan fingerprint density at radius 2 is 2.26 bits per heavy atom. The van der Waals surface area contributed by atoms with Gasteiger partial charge in [-0.25, -0.2) is 4.79 Å². The van der Waals surface area contributed by atoms with Crippen LogP contribution in [0.5, 0.6) is 0 Å². The van der Waals surface area contributed by atoms with E-state index in [0.717, 1.165) is 10.0 Å². The maximum Gasteiger partial charge on any atom is 0.327 e. The zero-order valence-electron chi connectivity index (χ0n) is 9.95. The van der Waals surface area contributed by atoms with E-state index in [9.17, 15) is 9.59 Å². The smallest absolute Gasteiger partial charge is 0.327 e. The van der Waals surface area contributed by atoms with E-state index >= 15 is 0 Å². The Morgan fingerprint density at radius 1 is 1.47 bits per heavy atom. The molecule has 1 atom stereocenters. The number of carbonyl (C=O) groups is 2. The van der Waals surface area contributed by atoms with E-state index in [4.69, 9.17) is 5.11 Å². The van der Waals surface area contributed by atoms with Crippen LogP contribution in [0.3, 0.4) is 0 Å². The van der Waals surface area contributed by atoms with E-state index in [0.29, 0.717) is 11.6 Å². The Kier molecular flexibility index (Phi) is 4.66. The SMILES string of the molecule is O=C(O)C1CSCN1C(=O)/C=C/c1cccc(Br)c1. The Hall–Kier alpha value is -1.27. The Labute approximate surface area is 123 Å². The van der Waals surface area contributed by atoms with Crippen molar-refractivity contribution in [2.45, 2.75) is 6.04 Å². The van der Waals surface area contributed by atoms with Crippen LogP contribution in [0.15, 0.2) is 34.8 Å². The molecule has 1 aliphatic heterocycles. The lowest BCUT2D eigenvalue weighted by Crippen LogP contribution is -2.40. The molecule has 1 fully saturated rings. The first-order valence-corrected chi connectivity index (χ1v) is 7.57. The maximum absolute atomic E-state index is 12.0. The molecule has 1 aromatic carbocycles. The van der Waals surface area contributed by atoms with Crippen LogP contribution in [0.1, 0.15) is 5.56 Å². The minimum absolute atomic E-state index is 0.266. The van der Waals surface area contributed by atoms with Gasteiger partial charge in [0.25, 0.3) is 0 Å². The van der Waals surface area contributed by atoms with Gasteiger partial charge >= 0.3 is 5.97 Å². The molecule has 1 aliphatic rings. The number of halogens is 1. The highest BCUT2D eigenvalue weighted by atomic mass is 79.9. The number of carbonyl (C=O) groups excluding carboxylic acids is 1. The third-order valence-electron chi connectivity index (χ3n) is 2.72. The van der Waals surface area contributed by atoms with Crippen molar-refractivity contribution in [1.82, 2.24) is 4.90 Å². The van der Waals surface area contributed by atoms with Gasteiger partial charge in [-0.3, -0.25) is 4.79 Å². The molecule has 100 valence electrons. The molecule has 1 unspecified atom stereocenters. The van der Waals surface area contributed by atoms with Crippen molar-refractivity contribution in [3.8, 4) is 0 Å². The van der Waals surface area contributed by atoms with Gasteiger partial charge in [-0.2, -0.15) is 0 Å². The third-order valence-corrected chi connectivity index (χ3v) is 4.22. The Bertz CT molecular complexity index is 532. The highest BCUT2D eigenvalue weighted by Gasteiger charge is 2.33. The summed E-state index contributed by atoms with van der Waals surface area (Å²) in [4.78, 5) is 24.3. The van der Waals surface area contributed by atoms with E-state index < -0.39 is 12.0 Å². The standard InChI is InChI=1S/C13H12BrNO3S/c14-10-3-1-2-9(6-10)4-5-12(16)15-8-19-7-11(15)13(17)18/h1-6,11H,7-8H2,(H,17,18)/b5-4+. The molecule has 0 aliphatic carbocycles. The fourth-order valence-corrected chi connectivity index (χ4v) is 3.31. The average molecular weight is 342 g/mol. The molecule has 0 saturated carbocycles. The third kappa shape index (κ3) is 3.61. The summed E-state index contributed by atoms with van der Waals surface area (Å²) in [6.45, 7) is 0. The van der Waals surface area contributed by atoms with E-state index in [2.05, 4.69) is 15.9 Å². The van der Waals surface area contributed by atoms with Crippen molar-refractivity contribution in [2.75, 3.05) is 11.6 Å². The fourth-order valence-electron chi connectivity index (χ4n) is 1.74. The number of thioether (sulfide) groups is 1. The molecule has 0 radical (unpaired) electrons. The largest absolute Gasteiger partial charge is 0.480 e. The molecule has 4 nitrogen and oxygen atoms in total. The first-order chi connectivity index (χ1) is 9.08. The van der Waals surface area contributed by atoms with Crippen molar-refractivity contribution < 1.29 is 14.7 Å². The summed E-state index contributed by atoms with van der Waals surface area (Å²) in [5.74, 6) is -0.337. The first kappa shape index (κ1) is 14.1. The monoisotopic (exact) mass is 341 g/mol. The maximum atomic E-state index is 12.0. The van der Waals surface area contributed by atoms with E-state index in [-0.39, 0.29) is 5.91 Å². The molecule has 6 heteroatoms. The topological polar surface area (TPSA) is 57.6 Å². The van der Waals surface area contributed by atoms with Gasteiger partial charge in [-0.1, -0.05) is 28.1 Å². The van der Waals surface area contributed by atoms with Crippen molar-refractivity contribution in [3.63, 3.8) is 0 Å². The van der Waals surface area contributed by atoms with Gasteiger partial charge in [-0.05, 0) is 23.8 Å². The van der Waals surface area contributed by atoms with Gasteiger partial charge in [0.15, 0.2) is 0 Å². The summed E-state index contributed by atoms with van der Waals surface area (Å²) in [6, 6.07) is 6.82. The lowest BCUT2D eigenvalue weighted by atomic mass is 10.2. The predicted molar refractivity (Wildman–Crippen MR) is 78.8 cm³/mol. The van der Waals surface area contributed by atoms with Gasteiger partial charge in [0, 0.05) is 16.3 Å². The minimum Gasteiger partial charge on any atom is -0.480 e. The van der Waals surface area contributed by atoms with Crippen LogP contribution in [-0.4, -0.2) is 39.6 Å². The second-order valence-electron chi connectivity index (χ2n) is 4.05. The normalized spacial score (nSPS) is 19.0. The number of hydrogen-bond donors (Lipinski definition) is 1. The van der Waals surface area contributed by atoms with Crippen LogP contribution in [0.2, 0.25) is 0 Å². The van der Waals surface area contributed by atoms with Crippen LogP contribution in [0.25, 0.3) is 6.08 Å². The lowest BCUT2D eigenvalue weighted by molar-refractivity contribution is -0.146. The van der Waals surface area contributed by atoms with Crippen LogP contribution < -0.4 is 0 Å². The summed E-state index contributed by atoms with van der Waals surface area (Å²) < 4.78 is 0.933. The molecule has 1 amide bonds. The van der Waals surface area contributed by atoms with Crippen molar-refractivity contribution in [2.24, 2.45) is 0 Å². The lowest BCUT2D eigenvalue weighted by Gasteiger charge is -2.18. The van der Waals surface area contributed by atoms with Crippen molar-refractivity contribution in [1.29, 1.82) is 0 Å². The van der Waals surface area contributed by atoms with Crippen molar-refractivity contribution >= 4 is 45.6 Å². The Morgan fingerprint density at radius 3 is 2.95 bits per heavy atom. The zero-order valence-corrected chi connectivity index (χ0v) is 12.4. The van der Waals surface area contributed by atoms with Gasteiger partial charge in [0.1, 0.15) is 6.04 Å². The molecule has 1 aromatic rings. The molecule has 1 heterocycles. The fraction of sp³-hybridized carbons (Fsp3) is 0.231. The number of carboxylic acid groups (broad SMARTS) is 1. The summed E-state index contributed by atoms with van der Waals surface area (Å²) >= 11 is 4.81. The predicted octanol–water partition coefficient (Wildman–Crippen LogP) is 2.45. The molecular weight excluding hydrogens is 330 g/mol. The van der Waals surface area contributed by atoms with E-state index in [1.807, 2.05) is 24.3 Å². The number of hydrogen-bond acceptors (Lipinski definition) is 3. The molecule has 19 heavy (non-hydrogen) atoms. The molecule has 0 spiro atoms. The van der Waals surface area contributed by atoms with Crippen LogP contribution in [-0.2, 0) is 9.59 Å². The van der Waals surface area contributed by atoms with Gasteiger partial charge in [0.05, 0.1) is 5.88 Å². The van der Waals surface area contributed by atoms with Crippen LogP contribution >= 0.6 is 27.7 Å². The molecule has 1 saturated heterocycles. The number of rotatable bonds is 3. The quantitative estimate of drug-likeness (QED) is 0.858. The van der Waals surface area contributed by atoms with Gasteiger partial charge in [0.2, 0.25) is 5.91 Å². The van der Waals surface area contributed by atoms with E-state index in [1.165, 1.54) is 22.7 Å². The summed E-state index contributed by atoms with van der Waals surface area (Å²) in [5, 5.41) is 9.02. The van der Waals surface area contributed by atoms with Crippen LogP contribution in [0, 0.1) is 0 Å². The average Bonchev–Trinajstić information content (AvgIpc) is 2.85. The number of aliphatic carboxylic acids is 1. The van der Waals surface area contributed by atoms with Crippen molar-refractivity contribution in [3.05, 3.63) is 40.4 Å². The summed E-state index contributed by atoms with van der Waals surface area (Å²) in [7, 11) is 0. The van der Waals surface area contributed by atoms with Gasteiger partial charge < -0.3 is 10.0 Å². The molecule has 1 N–H and O–H groups in total. The number of carboxylic acids is 1. The van der Waals surface area contributed by atoms with Crippen LogP contribution in [0.4, 0.5) is 0 Å². The zero-order chi connectivity index (χ0) is 13.8. The highest BCUT2D eigenvalue weighted by Crippen LogP contribution is 2.21. The van der Waals surface area contributed by atoms with Gasteiger partial charge in [-0.15, -0.1) is 11.8 Å². The minimum atomic E-state index is -0.950. The molecule has 0 aromatic heterocycles. The second-order valence-corrected chi connectivity index (χ2v) is 5.97. The molecular formula is C13H12BrNO3S. The number of benzene rings is 1.